The van der Waals surface area contributed by atoms with Crippen molar-refractivity contribution in [3.05, 3.63) is 0 Å². The van der Waals surface area contributed by atoms with Crippen molar-refractivity contribution in [2.45, 2.75) is 49.4 Å². The van der Waals surface area contributed by atoms with E-state index in [2.05, 4.69) is 0 Å². The Morgan fingerprint density at radius 3 is 2.64 bits per heavy atom. The molecule has 1 spiro atoms. The molecular weight excluding hydrogens is 304 g/mol. The first kappa shape index (κ1) is 14.9. The summed E-state index contributed by atoms with van der Waals surface area (Å²) in [5, 5.41) is -0.132. The molecule has 0 aromatic carbocycles. The van der Waals surface area contributed by atoms with Gasteiger partial charge in [-0.1, -0.05) is 0 Å². The monoisotopic (exact) mass is 328 g/mol. The molecule has 0 N–H and O–H groups in total. The molecule has 1 aliphatic carbocycles. The molecule has 3 aliphatic heterocycles. The maximum absolute atomic E-state index is 12.2. The van der Waals surface area contributed by atoms with Gasteiger partial charge in [0.05, 0.1) is 10.9 Å². The summed E-state index contributed by atoms with van der Waals surface area (Å²) in [7, 11) is -3.07. The average Bonchev–Trinajstić information content (AvgIpc) is 3.10. The zero-order chi connectivity index (χ0) is 15.4. The first-order valence-electron chi connectivity index (χ1n) is 8.42. The zero-order valence-corrected chi connectivity index (χ0v) is 13.7. The topological polar surface area (TPSA) is 66.9 Å². The highest BCUT2D eigenvalue weighted by Crippen LogP contribution is 2.45. The molecule has 3 heterocycles. The number of amides is 1. The van der Waals surface area contributed by atoms with Crippen molar-refractivity contribution in [2.24, 2.45) is 5.92 Å². The Kier molecular flexibility index (Phi) is 3.51. The lowest BCUT2D eigenvalue weighted by atomic mass is 9.80. The number of carbonyl (C=O) groups is 1. The van der Waals surface area contributed by atoms with E-state index in [1.165, 1.54) is 0 Å². The maximum Gasteiger partial charge on any atom is 0.222 e. The van der Waals surface area contributed by atoms with Gasteiger partial charge in [-0.25, -0.2) is 8.42 Å². The number of hydrogen-bond acceptors (Lipinski definition) is 4. The minimum absolute atomic E-state index is 0.132. The fourth-order valence-corrected chi connectivity index (χ4v) is 6.05. The van der Waals surface area contributed by atoms with Gasteiger partial charge in [-0.15, -0.1) is 0 Å². The van der Waals surface area contributed by atoms with Gasteiger partial charge >= 0.3 is 0 Å². The summed E-state index contributed by atoms with van der Waals surface area (Å²) in [6, 6.07) is 0. The third-order valence-electron chi connectivity index (χ3n) is 5.71. The van der Waals surface area contributed by atoms with Crippen LogP contribution < -0.4 is 0 Å². The summed E-state index contributed by atoms with van der Waals surface area (Å²) >= 11 is 0. The Morgan fingerprint density at radius 1 is 1.23 bits per heavy atom. The third-order valence-corrected chi connectivity index (χ3v) is 8.00. The van der Waals surface area contributed by atoms with Gasteiger partial charge in [-0.3, -0.25) is 4.79 Å². The van der Waals surface area contributed by atoms with E-state index in [0.717, 1.165) is 51.8 Å². The van der Waals surface area contributed by atoms with Crippen LogP contribution in [0.3, 0.4) is 0 Å². The summed E-state index contributed by atoms with van der Waals surface area (Å²) in [5.74, 6) is 0.645. The van der Waals surface area contributed by atoms with Gasteiger partial charge in [-0.05, 0) is 38.0 Å². The number of sulfonamides is 1. The Bertz CT molecular complexity index is 566. The van der Waals surface area contributed by atoms with Crippen molar-refractivity contribution in [2.75, 3.05) is 32.8 Å². The highest BCUT2D eigenvalue weighted by molar-refractivity contribution is 7.90. The van der Waals surface area contributed by atoms with Crippen LogP contribution in [0.5, 0.6) is 0 Å². The van der Waals surface area contributed by atoms with Crippen LogP contribution in [-0.2, 0) is 19.6 Å². The number of likely N-dealkylation sites (tertiary alicyclic amines) is 1. The van der Waals surface area contributed by atoms with E-state index < -0.39 is 10.0 Å². The molecule has 1 unspecified atom stereocenters. The second kappa shape index (κ2) is 5.18. The molecule has 0 aromatic heterocycles. The van der Waals surface area contributed by atoms with Crippen LogP contribution in [0.4, 0.5) is 0 Å². The van der Waals surface area contributed by atoms with Crippen molar-refractivity contribution >= 4 is 15.9 Å². The SMILES string of the molecule is O=C1CCCN1CCC1CCOC12CN(S(=O)(=O)C1CC1)C2. The van der Waals surface area contributed by atoms with Gasteiger partial charge in [0, 0.05) is 39.2 Å². The van der Waals surface area contributed by atoms with Crippen molar-refractivity contribution in [3.8, 4) is 0 Å². The largest absolute Gasteiger partial charge is 0.372 e. The molecule has 22 heavy (non-hydrogen) atoms. The minimum atomic E-state index is -3.07. The fraction of sp³-hybridized carbons (Fsp3) is 0.933. The van der Waals surface area contributed by atoms with E-state index >= 15 is 0 Å². The zero-order valence-electron chi connectivity index (χ0n) is 12.9. The lowest BCUT2D eigenvalue weighted by Gasteiger charge is -2.49. The molecule has 7 heteroatoms. The molecule has 0 aromatic rings. The Labute approximate surface area is 131 Å². The number of hydrogen-bond donors (Lipinski definition) is 0. The second-order valence-corrected chi connectivity index (χ2v) is 9.40. The lowest BCUT2D eigenvalue weighted by Crippen LogP contribution is -2.66. The molecule has 3 saturated heterocycles. The van der Waals surface area contributed by atoms with Crippen LogP contribution in [0.25, 0.3) is 0 Å². The van der Waals surface area contributed by atoms with Crippen LogP contribution >= 0.6 is 0 Å². The number of nitrogens with zero attached hydrogens (tertiary/aromatic N) is 2. The van der Waals surface area contributed by atoms with Crippen LogP contribution in [0.15, 0.2) is 0 Å². The summed E-state index contributed by atoms with van der Waals surface area (Å²) in [5.41, 5.74) is -0.273. The van der Waals surface area contributed by atoms with Gasteiger partial charge in [0.25, 0.3) is 0 Å². The smallest absolute Gasteiger partial charge is 0.222 e. The number of ether oxygens (including phenoxy) is 1. The van der Waals surface area contributed by atoms with Crippen LogP contribution in [-0.4, -0.2) is 67.2 Å². The van der Waals surface area contributed by atoms with E-state index in [9.17, 15) is 13.2 Å². The summed E-state index contributed by atoms with van der Waals surface area (Å²) < 4.78 is 32.1. The predicted octanol–water partition coefficient (Wildman–Crippen LogP) is 0.582. The van der Waals surface area contributed by atoms with E-state index in [0.29, 0.717) is 25.4 Å². The van der Waals surface area contributed by atoms with Crippen molar-refractivity contribution < 1.29 is 17.9 Å². The van der Waals surface area contributed by atoms with Crippen LogP contribution in [0.2, 0.25) is 0 Å². The van der Waals surface area contributed by atoms with Gasteiger partial charge in [0.2, 0.25) is 15.9 Å². The summed E-state index contributed by atoms with van der Waals surface area (Å²) in [4.78, 5) is 13.6. The standard InChI is InChI=1S/C15H24N2O4S/c18-14-2-1-7-16(14)8-5-12-6-9-21-15(12)10-17(11-15)22(19,20)13-3-4-13/h12-13H,1-11H2. The Hall–Kier alpha value is -0.660. The molecule has 1 amide bonds. The fourth-order valence-electron chi connectivity index (χ4n) is 4.10. The molecule has 0 bridgehead atoms. The number of rotatable bonds is 5. The quantitative estimate of drug-likeness (QED) is 0.740. The second-order valence-electron chi connectivity index (χ2n) is 7.18. The first-order chi connectivity index (χ1) is 10.5. The third kappa shape index (κ3) is 2.37. The molecule has 4 fully saturated rings. The van der Waals surface area contributed by atoms with Gasteiger partial charge in [-0.2, -0.15) is 4.31 Å². The summed E-state index contributed by atoms with van der Waals surface area (Å²) in [6.07, 6.45) is 5.20. The molecule has 1 atom stereocenters. The van der Waals surface area contributed by atoms with E-state index in [1.54, 1.807) is 4.31 Å². The lowest BCUT2D eigenvalue weighted by molar-refractivity contribution is -0.128. The highest BCUT2D eigenvalue weighted by atomic mass is 32.2. The van der Waals surface area contributed by atoms with Crippen molar-refractivity contribution in [1.29, 1.82) is 0 Å². The molecule has 4 rings (SSSR count). The van der Waals surface area contributed by atoms with Crippen LogP contribution in [0.1, 0.15) is 38.5 Å². The predicted molar refractivity (Wildman–Crippen MR) is 80.7 cm³/mol. The van der Waals surface area contributed by atoms with Gasteiger partial charge in [0.15, 0.2) is 0 Å². The van der Waals surface area contributed by atoms with Crippen LogP contribution in [0, 0.1) is 5.92 Å². The molecule has 4 aliphatic rings. The maximum atomic E-state index is 12.2. The Balaban J connectivity index is 1.35. The van der Waals surface area contributed by atoms with Crippen molar-refractivity contribution in [1.82, 2.24) is 9.21 Å². The average molecular weight is 328 g/mol. The van der Waals surface area contributed by atoms with Gasteiger partial charge < -0.3 is 9.64 Å². The first-order valence-corrected chi connectivity index (χ1v) is 9.92. The minimum Gasteiger partial charge on any atom is -0.372 e. The number of carbonyl (C=O) groups excluding carboxylic acids is 1. The molecular formula is C15H24N2O4S. The van der Waals surface area contributed by atoms with E-state index in [1.807, 2.05) is 4.90 Å². The Morgan fingerprint density at radius 2 is 2.00 bits per heavy atom. The van der Waals surface area contributed by atoms with Crippen molar-refractivity contribution in [3.63, 3.8) is 0 Å². The normalized spacial score (nSPS) is 31.9. The van der Waals surface area contributed by atoms with E-state index in [4.69, 9.17) is 4.74 Å². The molecule has 6 nitrogen and oxygen atoms in total. The van der Waals surface area contributed by atoms with E-state index in [-0.39, 0.29) is 16.8 Å². The summed E-state index contributed by atoms with van der Waals surface area (Å²) in [6.45, 7) is 3.43. The molecule has 0 radical (unpaired) electrons. The highest BCUT2D eigenvalue weighted by Gasteiger charge is 2.58. The molecule has 1 saturated carbocycles. The molecule has 124 valence electrons. The van der Waals surface area contributed by atoms with Gasteiger partial charge in [0.1, 0.15) is 0 Å².